The molecule has 3 rings (SSSR count). The Balaban J connectivity index is 1.75. The molecule has 2 aromatic carbocycles. The predicted molar refractivity (Wildman–Crippen MR) is 112 cm³/mol. The quantitative estimate of drug-likeness (QED) is 0.483. The van der Waals surface area contributed by atoms with Crippen molar-refractivity contribution in [2.75, 3.05) is 4.72 Å². The summed E-state index contributed by atoms with van der Waals surface area (Å²) >= 11 is 0. The van der Waals surface area contributed by atoms with Gasteiger partial charge in [0.05, 0.1) is 16.8 Å². The maximum atomic E-state index is 12.7. The molecule has 0 aliphatic rings. The summed E-state index contributed by atoms with van der Waals surface area (Å²) in [7, 11) is -3.84. The van der Waals surface area contributed by atoms with E-state index in [2.05, 4.69) is 20.2 Å². The summed E-state index contributed by atoms with van der Waals surface area (Å²) in [5.41, 5.74) is 5.68. The molecule has 0 fully saturated rings. The summed E-state index contributed by atoms with van der Waals surface area (Å²) in [6, 6.07) is 14.7. The maximum absolute atomic E-state index is 12.7. The number of hydrogen-bond donors (Lipinski definition) is 2. The minimum absolute atomic E-state index is 0.0109. The van der Waals surface area contributed by atoms with E-state index in [0.29, 0.717) is 5.69 Å². The monoisotopic (exact) mass is 408 g/mol. The molecule has 1 aromatic heterocycles. The standard InChI is InChI=1S/C21H20N4O3S/c1-15-6-7-20(16(2)12-15)25-29(27,28)19-5-3-4-18(13-19)21(26)24-23-14-17-8-10-22-11-9-17/h3-14,25H,1-2H3,(H,24,26). The Kier molecular flexibility index (Phi) is 6.04. The van der Waals surface area contributed by atoms with Gasteiger partial charge in [-0.05, 0) is 61.4 Å². The molecule has 1 heterocycles. The third-order valence-corrected chi connectivity index (χ3v) is 5.48. The van der Waals surface area contributed by atoms with E-state index < -0.39 is 15.9 Å². The fourth-order valence-corrected chi connectivity index (χ4v) is 3.79. The minimum Gasteiger partial charge on any atom is -0.279 e. The zero-order chi connectivity index (χ0) is 20.9. The van der Waals surface area contributed by atoms with Crippen molar-refractivity contribution in [2.45, 2.75) is 18.7 Å². The molecule has 7 nitrogen and oxygen atoms in total. The first-order chi connectivity index (χ1) is 13.8. The highest BCUT2D eigenvalue weighted by atomic mass is 32.2. The molecule has 0 unspecified atom stereocenters. The van der Waals surface area contributed by atoms with Gasteiger partial charge < -0.3 is 0 Å². The zero-order valence-electron chi connectivity index (χ0n) is 16.0. The molecular weight excluding hydrogens is 388 g/mol. The Morgan fingerprint density at radius 3 is 2.52 bits per heavy atom. The number of nitrogens with one attached hydrogen (secondary N) is 2. The highest BCUT2D eigenvalue weighted by molar-refractivity contribution is 7.92. The largest absolute Gasteiger partial charge is 0.279 e. The summed E-state index contributed by atoms with van der Waals surface area (Å²) in [4.78, 5) is 16.2. The Hall–Kier alpha value is -3.52. The molecule has 2 N–H and O–H groups in total. The number of nitrogens with zero attached hydrogens (tertiary/aromatic N) is 2. The van der Waals surface area contributed by atoms with Gasteiger partial charge in [-0.3, -0.25) is 14.5 Å². The maximum Gasteiger partial charge on any atom is 0.271 e. The topological polar surface area (TPSA) is 101 Å². The lowest BCUT2D eigenvalue weighted by Crippen LogP contribution is -2.19. The highest BCUT2D eigenvalue weighted by Crippen LogP contribution is 2.21. The fraction of sp³-hybridized carbons (Fsp3) is 0.0952. The molecule has 8 heteroatoms. The van der Waals surface area contributed by atoms with E-state index in [4.69, 9.17) is 0 Å². The summed E-state index contributed by atoms with van der Waals surface area (Å²) < 4.78 is 28.0. The van der Waals surface area contributed by atoms with E-state index in [1.54, 1.807) is 30.6 Å². The minimum atomic E-state index is -3.84. The summed E-state index contributed by atoms with van der Waals surface area (Å²) in [5.74, 6) is -0.515. The van der Waals surface area contributed by atoms with Gasteiger partial charge in [0.25, 0.3) is 15.9 Å². The molecule has 0 atom stereocenters. The molecule has 0 radical (unpaired) electrons. The van der Waals surface area contributed by atoms with Crippen molar-refractivity contribution in [1.82, 2.24) is 10.4 Å². The van der Waals surface area contributed by atoms with Gasteiger partial charge in [0.2, 0.25) is 0 Å². The Morgan fingerprint density at radius 2 is 1.79 bits per heavy atom. The average molecular weight is 408 g/mol. The van der Waals surface area contributed by atoms with Gasteiger partial charge in [-0.25, -0.2) is 13.8 Å². The molecule has 0 saturated heterocycles. The molecule has 1 amide bonds. The number of rotatable bonds is 6. The van der Waals surface area contributed by atoms with E-state index in [9.17, 15) is 13.2 Å². The first-order valence-corrected chi connectivity index (χ1v) is 10.3. The van der Waals surface area contributed by atoms with Crippen molar-refractivity contribution in [3.8, 4) is 0 Å². The van der Waals surface area contributed by atoms with E-state index in [1.807, 2.05) is 26.0 Å². The summed E-state index contributed by atoms with van der Waals surface area (Å²) in [6.07, 6.45) is 4.70. The van der Waals surface area contributed by atoms with Gasteiger partial charge in [-0.2, -0.15) is 5.10 Å². The molecule has 0 spiro atoms. The van der Waals surface area contributed by atoms with Crippen molar-refractivity contribution in [3.63, 3.8) is 0 Å². The number of aryl methyl sites for hydroxylation is 2. The van der Waals surface area contributed by atoms with Crippen LogP contribution in [0.3, 0.4) is 0 Å². The molecule has 148 valence electrons. The van der Waals surface area contributed by atoms with Crippen LogP contribution < -0.4 is 10.1 Å². The number of pyridine rings is 1. The third-order valence-electron chi connectivity index (χ3n) is 4.12. The normalized spacial score (nSPS) is 11.4. The Bertz CT molecular complexity index is 1160. The van der Waals surface area contributed by atoms with Gasteiger partial charge in [0.15, 0.2) is 0 Å². The fourth-order valence-electron chi connectivity index (χ4n) is 2.62. The predicted octanol–water partition coefficient (Wildman–Crippen LogP) is 3.26. The summed E-state index contributed by atoms with van der Waals surface area (Å²) in [5, 5.41) is 3.88. The highest BCUT2D eigenvalue weighted by Gasteiger charge is 2.17. The van der Waals surface area contributed by atoms with Crippen molar-refractivity contribution >= 4 is 27.8 Å². The third kappa shape index (κ3) is 5.26. The number of aromatic nitrogens is 1. The van der Waals surface area contributed by atoms with Gasteiger partial charge >= 0.3 is 0 Å². The SMILES string of the molecule is Cc1ccc(NS(=O)(=O)c2cccc(C(=O)NN=Cc3ccncc3)c2)c(C)c1. The number of carbonyl (C=O) groups excluding carboxylic acids is 1. The van der Waals surface area contributed by atoms with Gasteiger partial charge in [-0.15, -0.1) is 0 Å². The lowest BCUT2D eigenvalue weighted by atomic mass is 10.1. The molecular formula is C21H20N4O3S. The van der Waals surface area contributed by atoms with Crippen molar-refractivity contribution < 1.29 is 13.2 Å². The lowest BCUT2D eigenvalue weighted by molar-refractivity contribution is 0.0955. The van der Waals surface area contributed by atoms with Crippen LogP contribution >= 0.6 is 0 Å². The summed E-state index contributed by atoms with van der Waals surface area (Å²) in [6.45, 7) is 3.76. The zero-order valence-corrected chi connectivity index (χ0v) is 16.8. The average Bonchev–Trinajstić information content (AvgIpc) is 2.71. The second-order valence-electron chi connectivity index (χ2n) is 6.43. The number of sulfonamides is 1. The second-order valence-corrected chi connectivity index (χ2v) is 8.11. The number of carbonyl (C=O) groups is 1. The van der Waals surface area contributed by atoms with Crippen molar-refractivity contribution in [3.05, 3.63) is 89.2 Å². The smallest absolute Gasteiger partial charge is 0.271 e. The van der Waals surface area contributed by atoms with Crippen LogP contribution in [-0.4, -0.2) is 25.5 Å². The molecule has 0 bridgehead atoms. The van der Waals surface area contributed by atoms with Gasteiger partial charge in [0.1, 0.15) is 0 Å². The first kappa shape index (κ1) is 20.2. The number of benzene rings is 2. The Labute approximate surface area is 169 Å². The van der Waals surface area contributed by atoms with E-state index in [0.717, 1.165) is 16.7 Å². The Morgan fingerprint density at radius 1 is 1.03 bits per heavy atom. The number of hydrazone groups is 1. The number of anilines is 1. The van der Waals surface area contributed by atoms with Gasteiger partial charge in [-0.1, -0.05) is 23.8 Å². The van der Waals surface area contributed by atoms with Crippen LogP contribution in [-0.2, 0) is 10.0 Å². The van der Waals surface area contributed by atoms with Crippen LogP contribution in [0.1, 0.15) is 27.0 Å². The van der Waals surface area contributed by atoms with E-state index in [1.165, 1.54) is 30.5 Å². The molecule has 3 aromatic rings. The molecule has 0 aliphatic heterocycles. The van der Waals surface area contributed by atoms with Crippen molar-refractivity contribution in [2.24, 2.45) is 5.10 Å². The van der Waals surface area contributed by atoms with Crippen LogP contribution in [0.15, 0.2) is 77.0 Å². The second kappa shape index (κ2) is 8.66. The van der Waals surface area contributed by atoms with Crippen LogP contribution in [0.2, 0.25) is 0 Å². The lowest BCUT2D eigenvalue weighted by Gasteiger charge is -2.12. The van der Waals surface area contributed by atoms with Gasteiger partial charge in [0, 0.05) is 18.0 Å². The molecule has 0 saturated carbocycles. The van der Waals surface area contributed by atoms with Crippen molar-refractivity contribution in [1.29, 1.82) is 0 Å². The van der Waals surface area contributed by atoms with E-state index >= 15 is 0 Å². The van der Waals surface area contributed by atoms with Crippen LogP contribution in [0.25, 0.3) is 0 Å². The van der Waals surface area contributed by atoms with Crippen LogP contribution in [0, 0.1) is 13.8 Å². The van der Waals surface area contributed by atoms with Crippen LogP contribution in [0.4, 0.5) is 5.69 Å². The molecule has 29 heavy (non-hydrogen) atoms. The first-order valence-electron chi connectivity index (χ1n) is 8.79. The molecule has 0 aliphatic carbocycles. The van der Waals surface area contributed by atoms with Crippen LogP contribution in [0.5, 0.6) is 0 Å². The van der Waals surface area contributed by atoms with E-state index in [-0.39, 0.29) is 10.5 Å². The number of hydrogen-bond acceptors (Lipinski definition) is 5. The number of amides is 1.